The van der Waals surface area contributed by atoms with Crippen LogP contribution in [0.4, 0.5) is 0 Å². The summed E-state index contributed by atoms with van der Waals surface area (Å²) < 4.78 is 0. The maximum atomic E-state index is 13.0. The molecule has 0 radical (unpaired) electrons. The smallest absolute Gasteiger partial charge is 0.326 e. The van der Waals surface area contributed by atoms with E-state index < -0.39 is 60.2 Å². The van der Waals surface area contributed by atoms with Crippen molar-refractivity contribution in [2.45, 2.75) is 91.4 Å². The van der Waals surface area contributed by atoms with Crippen LogP contribution in [0.25, 0.3) is 0 Å². The third kappa shape index (κ3) is 11.7. The van der Waals surface area contributed by atoms with E-state index in [0.717, 1.165) is 0 Å². The Kier molecular flexibility index (Phi) is 13.3. The molecule has 33 heavy (non-hydrogen) atoms. The fourth-order valence-corrected chi connectivity index (χ4v) is 3.17. The number of hydrogen-bond donors (Lipinski definition) is 6. The molecule has 0 saturated heterocycles. The zero-order chi connectivity index (χ0) is 25.9. The highest BCUT2D eigenvalue weighted by molar-refractivity contribution is 5.94. The van der Waals surface area contributed by atoms with Crippen molar-refractivity contribution in [2.24, 2.45) is 23.5 Å². The molecule has 11 nitrogen and oxygen atoms in total. The molecule has 5 atom stereocenters. The first kappa shape index (κ1) is 30.3. The van der Waals surface area contributed by atoms with E-state index in [1.54, 1.807) is 6.92 Å². The van der Waals surface area contributed by atoms with Gasteiger partial charge in [0.25, 0.3) is 0 Å². The Balaban J connectivity index is 5.56. The number of carbonyl (C=O) groups is 5. The maximum Gasteiger partial charge on any atom is 0.326 e. The topological polar surface area (TPSA) is 188 Å². The van der Waals surface area contributed by atoms with Gasteiger partial charge < -0.3 is 31.9 Å². The molecule has 0 bridgehead atoms. The second-order valence-electron chi connectivity index (χ2n) is 9.30. The van der Waals surface area contributed by atoms with Crippen molar-refractivity contribution >= 4 is 29.7 Å². The molecule has 0 aliphatic rings. The van der Waals surface area contributed by atoms with Crippen molar-refractivity contribution in [1.29, 1.82) is 0 Å². The first-order valence-electron chi connectivity index (χ1n) is 11.3. The van der Waals surface area contributed by atoms with E-state index in [2.05, 4.69) is 16.0 Å². The molecule has 0 rings (SSSR count). The first-order chi connectivity index (χ1) is 15.2. The van der Waals surface area contributed by atoms with E-state index in [1.165, 1.54) is 0 Å². The third-order valence-corrected chi connectivity index (χ3v) is 5.19. The Hall–Kier alpha value is -2.69. The maximum absolute atomic E-state index is 13.0. The fraction of sp³-hybridized carbons (Fsp3) is 0.773. The van der Waals surface area contributed by atoms with Crippen molar-refractivity contribution in [1.82, 2.24) is 16.0 Å². The van der Waals surface area contributed by atoms with Crippen LogP contribution < -0.4 is 21.7 Å². The van der Waals surface area contributed by atoms with Gasteiger partial charge in [0.15, 0.2) is 0 Å². The SMILES string of the molecule is CCC(C)C(NC(=O)C(CC(C)C)NC(=O)C(CC(C)C)NC(=O)C(N)CC(=O)O)C(=O)O. The van der Waals surface area contributed by atoms with Gasteiger partial charge in [0.1, 0.15) is 18.1 Å². The van der Waals surface area contributed by atoms with E-state index in [0.29, 0.717) is 6.42 Å². The van der Waals surface area contributed by atoms with E-state index in [9.17, 15) is 29.1 Å². The van der Waals surface area contributed by atoms with Gasteiger partial charge in [-0.2, -0.15) is 0 Å². The Morgan fingerprint density at radius 1 is 0.758 bits per heavy atom. The Bertz CT molecular complexity index is 696. The van der Waals surface area contributed by atoms with Crippen LogP contribution in [0.3, 0.4) is 0 Å². The number of hydrogen-bond acceptors (Lipinski definition) is 6. The Morgan fingerprint density at radius 2 is 1.18 bits per heavy atom. The summed E-state index contributed by atoms with van der Waals surface area (Å²) in [5.74, 6) is -4.75. The van der Waals surface area contributed by atoms with Gasteiger partial charge >= 0.3 is 11.9 Å². The largest absolute Gasteiger partial charge is 0.481 e. The van der Waals surface area contributed by atoms with Crippen LogP contribution >= 0.6 is 0 Å². The van der Waals surface area contributed by atoms with Crippen LogP contribution in [0, 0.1) is 17.8 Å². The van der Waals surface area contributed by atoms with Gasteiger partial charge in [-0.1, -0.05) is 48.0 Å². The zero-order valence-electron chi connectivity index (χ0n) is 20.4. The van der Waals surface area contributed by atoms with Crippen molar-refractivity contribution in [3.63, 3.8) is 0 Å². The molecule has 5 unspecified atom stereocenters. The van der Waals surface area contributed by atoms with Crippen LogP contribution in [0.15, 0.2) is 0 Å². The van der Waals surface area contributed by atoms with E-state index in [1.807, 2.05) is 34.6 Å². The van der Waals surface area contributed by atoms with Crippen LogP contribution in [0.2, 0.25) is 0 Å². The first-order valence-corrected chi connectivity index (χ1v) is 11.3. The van der Waals surface area contributed by atoms with Crippen LogP contribution in [-0.2, 0) is 24.0 Å². The summed E-state index contributed by atoms with van der Waals surface area (Å²) in [4.78, 5) is 60.6. The standard InChI is InChI=1S/C22H40N4O7/c1-7-13(6)18(22(32)33)26-21(31)16(9-12(4)5)25-20(30)15(8-11(2)3)24-19(29)14(23)10-17(27)28/h11-16,18H,7-10,23H2,1-6H3,(H,24,29)(H,25,30)(H,26,31)(H,27,28)(H,32,33). The van der Waals surface area contributed by atoms with Gasteiger partial charge in [0.05, 0.1) is 12.5 Å². The molecule has 3 amide bonds. The lowest BCUT2D eigenvalue weighted by Crippen LogP contribution is -2.58. The molecule has 0 aromatic heterocycles. The van der Waals surface area contributed by atoms with Crippen molar-refractivity contribution in [2.75, 3.05) is 0 Å². The summed E-state index contributed by atoms with van der Waals surface area (Å²) >= 11 is 0. The molecular formula is C22H40N4O7. The van der Waals surface area contributed by atoms with Crippen LogP contribution in [0.1, 0.15) is 67.2 Å². The lowest BCUT2D eigenvalue weighted by atomic mass is 9.97. The van der Waals surface area contributed by atoms with Gasteiger partial charge in [-0.05, 0) is 30.6 Å². The van der Waals surface area contributed by atoms with Gasteiger partial charge in [0, 0.05) is 0 Å². The number of carbonyl (C=O) groups excluding carboxylic acids is 3. The van der Waals surface area contributed by atoms with E-state index in [4.69, 9.17) is 10.8 Å². The number of nitrogens with two attached hydrogens (primary N) is 1. The number of nitrogens with one attached hydrogen (secondary N) is 3. The third-order valence-electron chi connectivity index (χ3n) is 5.19. The monoisotopic (exact) mass is 472 g/mol. The minimum atomic E-state index is -1.33. The van der Waals surface area contributed by atoms with Gasteiger partial charge in [-0.25, -0.2) is 4.79 Å². The summed E-state index contributed by atoms with van der Waals surface area (Å²) in [5, 5.41) is 25.9. The Morgan fingerprint density at radius 3 is 1.55 bits per heavy atom. The number of aliphatic carboxylic acids is 2. The summed E-state index contributed by atoms with van der Waals surface area (Å²) in [6.07, 6.45) is 0.438. The zero-order valence-corrected chi connectivity index (χ0v) is 20.4. The number of carboxylic acids is 2. The highest BCUT2D eigenvalue weighted by Gasteiger charge is 2.32. The summed E-state index contributed by atoms with van der Waals surface area (Å²) in [7, 11) is 0. The summed E-state index contributed by atoms with van der Waals surface area (Å²) in [6.45, 7) is 10.9. The van der Waals surface area contributed by atoms with Crippen molar-refractivity contribution < 1.29 is 34.2 Å². The van der Waals surface area contributed by atoms with E-state index >= 15 is 0 Å². The second-order valence-corrected chi connectivity index (χ2v) is 9.30. The average molecular weight is 473 g/mol. The highest BCUT2D eigenvalue weighted by atomic mass is 16.4. The molecule has 0 spiro atoms. The second kappa shape index (κ2) is 14.5. The van der Waals surface area contributed by atoms with Gasteiger partial charge in [-0.3, -0.25) is 19.2 Å². The molecule has 11 heteroatoms. The van der Waals surface area contributed by atoms with Crippen LogP contribution in [0.5, 0.6) is 0 Å². The Labute approximate surface area is 195 Å². The summed E-state index contributed by atoms with van der Waals surface area (Å²) in [5.41, 5.74) is 5.59. The van der Waals surface area contributed by atoms with E-state index in [-0.39, 0.29) is 30.6 Å². The van der Waals surface area contributed by atoms with Crippen LogP contribution in [-0.4, -0.2) is 64.0 Å². The molecule has 0 aromatic carbocycles. The molecule has 0 heterocycles. The molecule has 0 aromatic rings. The minimum absolute atomic E-state index is 0.00378. The number of carboxylic acid groups (broad SMARTS) is 2. The lowest BCUT2D eigenvalue weighted by Gasteiger charge is -2.27. The molecule has 0 saturated carbocycles. The van der Waals surface area contributed by atoms with Gasteiger partial charge in [0.2, 0.25) is 17.7 Å². The minimum Gasteiger partial charge on any atom is -0.481 e. The molecular weight excluding hydrogens is 432 g/mol. The molecule has 7 N–H and O–H groups in total. The lowest BCUT2D eigenvalue weighted by molar-refractivity contribution is -0.144. The number of amides is 3. The van der Waals surface area contributed by atoms with Crippen molar-refractivity contribution in [3.8, 4) is 0 Å². The molecule has 0 fully saturated rings. The molecule has 190 valence electrons. The van der Waals surface area contributed by atoms with Crippen molar-refractivity contribution in [3.05, 3.63) is 0 Å². The fourth-order valence-electron chi connectivity index (χ4n) is 3.17. The molecule has 0 aliphatic carbocycles. The molecule has 0 aliphatic heterocycles. The highest BCUT2D eigenvalue weighted by Crippen LogP contribution is 2.12. The average Bonchev–Trinajstić information content (AvgIpc) is 2.68. The predicted molar refractivity (Wildman–Crippen MR) is 122 cm³/mol. The predicted octanol–water partition coefficient (Wildman–Crippen LogP) is 0.466. The van der Waals surface area contributed by atoms with Gasteiger partial charge in [-0.15, -0.1) is 0 Å². The normalized spacial score (nSPS) is 15.8. The summed E-state index contributed by atoms with van der Waals surface area (Å²) in [6, 6.07) is -4.48. The quantitative estimate of drug-likeness (QED) is 0.198. The number of rotatable bonds is 15.